The molecule has 0 atom stereocenters. The highest BCUT2D eigenvalue weighted by atomic mass is 32.2. The van der Waals surface area contributed by atoms with Gasteiger partial charge in [0.1, 0.15) is 5.76 Å². The Morgan fingerprint density at radius 3 is 2.48 bits per heavy atom. The number of oxazole rings is 1. The first-order valence-electron chi connectivity index (χ1n) is 6.50. The van der Waals surface area contributed by atoms with Gasteiger partial charge < -0.3 is 10.2 Å². The van der Waals surface area contributed by atoms with E-state index in [1.54, 1.807) is 19.9 Å². The van der Waals surface area contributed by atoms with Gasteiger partial charge in [0.15, 0.2) is 0 Å². The van der Waals surface area contributed by atoms with E-state index in [1.165, 1.54) is 6.07 Å². The van der Waals surface area contributed by atoms with Crippen LogP contribution in [0.5, 0.6) is 0 Å². The number of nitrogens with two attached hydrogens (primary N) is 1. The molecule has 0 saturated carbocycles. The van der Waals surface area contributed by atoms with E-state index < -0.39 is 10.0 Å². The van der Waals surface area contributed by atoms with E-state index in [-0.39, 0.29) is 11.4 Å². The van der Waals surface area contributed by atoms with Crippen molar-refractivity contribution in [2.24, 2.45) is 0 Å². The van der Waals surface area contributed by atoms with E-state index in [0.717, 1.165) is 11.3 Å². The van der Waals surface area contributed by atoms with E-state index in [2.05, 4.69) is 9.71 Å². The van der Waals surface area contributed by atoms with Gasteiger partial charge in [0.25, 0.3) is 0 Å². The fourth-order valence-electron chi connectivity index (χ4n) is 1.98. The summed E-state index contributed by atoms with van der Waals surface area (Å²) < 4.78 is 32.6. The molecule has 0 spiro atoms. The van der Waals surface area contributed by atoms with Gasteiger partial charge in [-0.25, -0.2) is 18.1 Å². The Morgan fingerprint density at radius 1 is 1.24 bits per heavy atom. The molecule has 0 amide bonds. The summed E-state index contributed by atoms with van der Waals surface area (Å²) in [5.41, 5.74) is 8.41. The summed E-state index contributed by atoms with van der Waals surface area (Å²) in [5.74, 6) is 1.02. The van der Waals surface area contributed by atoms with E-state index in [9.17, 15) is 8.42 Å². The topological polar surface area (TPSA) is 98.2 Å². The summed E-state index contributed by atoms with van der Waals surface area (Å²) in [6, 6.07) is 3.20. The van der Waals surface area contributed by atoms with Gasteiger partial charge >= 0.3 is 0 Å². The van der Waals surface area contributed by atoms with E-state index in [0.29, 0.717) is 22.9 Å². The molecule has 0 bridgehead atoms. The number of nitrogens with one attached hydrogen (secondary N) is 1. The molecule has 1 heterocycles. The molecule has 0 aliphatic heterocycles. The van der Waals surface area contributed by atoms with Crippen molar-refractivity contribution in [3.63, 3.8) is 0 Å². The van der Waals surface area contributed by atoms with Crippen molar-refractivity contribution in [2.45, 2.75) is 39.1 Å². The third kappa shape index (κ3) is 3.25. The number of aryl methyl sites for hydroxylation is 3. The molecule has 0 aliphatic rings. The average Bonchev–Trinajstić information content (AvgIpc) is 2.71. The number of hydrogen-bond donors (Lipinski definition) is 2. The molecule has 0 saturated heterocycles. The van der Waals surface area contributed by atoms with Gasteiger partial charge in [0, 0.05) is 5.69 Å². The lowest BCUT2D eigenvalue weighted by Gasteiger charge is -2.11. The largest absolute Gasteiger partial charge is 0.444 e. The number of anilines is 1. The third-order valence-electron chi connectivity index (χ3n) is 3.42. The minimum atomic E-state index is -3.67. The van der Waals surface area contributed by atoms with Gasteiger partial charge in [-0.15, -0.1) is 0 Å². The number of aromatic nitrogens is 1. The Bertz CT molecular complexity index is 760. The van der Waals surface area contributed by atoms with Crippen LogP contribution in [-0.2, 0) is 16.6 Å². The van der Waals surface area contributed by atoms with Crippen molar-refractivity contribution in [3.05, 3.63) is 40.6 Å². The van der Waals surface area contributed by atoms with E-state index >= 15 is 0 Å². The lowest BCUT2D eigenvalue weighted by molar-refractivity contribution is 0.463. The van der Waals surface area contributed by atoms with Crippen molar-refractivity contribution >= 4 is 15.7 Å². The summed E-state index contributed by atoms with van der Waals surface area (Å²) in [7, 11) is -3.67. The molecule has 114 valence electrons. The van der Waals surface area contributed by atoms with Crippen LogP contribution in [0.15, 0.2) is 21.4 Å². The Labute approximate surface area is 124 Å². The Hall–Kier alpha value is -1.86. The van der Waals surface area contributed by atoms with Gasteiger partial charge in [-0.1, -0.05) is 0 Å². The minimum absolute atomic E-state index is 0.00427. The molecule has 0 fully saturated rings. The number of sulfonamides is 1. The fourth-order valence-corrected chi connectivity index (χ4v) is 3.31. The van der Waals surface area contributed by atoms with Crippen molar-refractivity contribution in [1.82, 2.24) is 9.71 Å². The Morgan fingerprint density at radius 2 is 1.90 bits per heavy atom. The highest BCUT2D eigenvalue weighted by Gasteiger charge is 2.19. The fraction of sp³-hybridized carbons (Fsp3) is 0.357. The first-order valence-corrected chi connectivity index (χ1v) is 7.98. The minimum Gasteiger partial charge on any atom is -0.444 e. The van der Waals surface area contributed by atoms with Crippen LogP contribution in [-0.4, -0.2) is 13.4 Å². The molecule has 1 aromatic heterocycles. The molecule has 0 unspecified atom stereocenters. The molecule has 1 aromatic carbocycles. The molecule has 2 rings (SSSR count). The van der Waals surface area contributed by atoms with Crippen LogP contribution in [0.4, 0.5) is 5.69 Å². The molecule has 0 radical (unpaired) electrons. The second-order valence-corrected chi connectivity index (χ2v) is 6.77. The van der Waals surface area contributed by atoms with Crippen LogP contribution in [0.25, 0.3) is 0 Å². The molecule has 2 aromatic rings. The van der Waals surface area contributed by atoms with E-state index in [4.69, 9.17) is 10.2 Å². The lowest BCUT2D eigenvalue weighted by atomic mass is 10.1. The summed E-state index contributed by atoms with van der Waals surface area (Å²) in [6.45, 7) is 7.17. The lowest BCUT2D eigenvalue weighted by Crippen LogP contribution is -2.24. The van der Waals surface area contributed by atoms with Crippen LogP contribution in [0, 0.1) is 27.7 Å². The molecular weight excluding hydrogens is 290 g/mol. The number of rotatable bonds is 4. The van der Waals surface area contributed by atoms with Gasteiger partial charge in [-0.05, 0) is 51.0 Å². The van der Waals surface area contributed by atoms with Crippen LogP contribution >= 0.6 is 0 Å². The van der Waals surface area contributed by atoms with Crippen LogP contribution in [0.2, 0.25) is 0 Å². The molecule has 21 heavy (non-hydrogen) atoms. The number of nitrogen functional groups attached to an aromatic ring is 1. The second kappa shape index (κ2) is 5.50. The monoisotopic (exact) mass is 309 g/mol. The molecular formula is C14H19N3O3S. The van der Waals surface area contributed by atoms with Crippen LogP contribution in [0.1, 0.15) is 28.5 Å². The number of hydrogen-bond acceptors (Lipinski definition) is 5. The predicted molar refractivity (Wildman–Crippen MR) is 80.3 cm³/mol. The SMILES string of the molecule is Cc1cc(N)cc(S(=O)(=O)NCc2nc(C)c(C)o2)c1C. The summed E-state index contributed by atoms with van der Waals surface area (Å²) in [5, 5.41) is 0. The van der Waals surface area contributed by atoms with Gasteiger partial charge in [0.05, 0.1) is 17.1 Å². The molecule has 3 N–H and O–H groups in total. The predicted octanol–water partition coefficient (Wildman–Crippen LogP) is 1.97. The average molecular weight is 309 g/mol. The number of benzene rings is 1. The zero-order valence-electron chi connectivity index (χ0n) is 12.5. The number of nitrogens with zero attached hydrogens (tertiary/aromatic N) is 1. The molecule has 6 nitrogen and oxygen atoms in total. The van der Waals surface area contributed by atoms with E-state index in [1.807, 2.05) is 13.8 Å². The first-order chi connectivity index (χ1) is 9.70. The van der Waals surface area contributed by atoms with Crippen molar-refractivity contribution in [3.8, 4) is 0 Å². The van der Waals surface area contributed by atoms with Crippen molar-refractivity contribution < 1.29 is 12.8 Å². The quantitative estimate of drug-likeness (QED) is 0.841. The maximum absolute atomic E-state index is 12.4. The summed E-state index contributed by atoms with van der Waals surface area (Å²) in [4.78, 5) is 4.33. The normalized spacial score (nSPS) is 11.8. The highest BCUT2D eigenvalue weighted by Crippen LogP contribution is 2.22. The highest BCUT2D eigenvalue weighted by molar-refractivity contribution is 7.89. The van der Waals surface area contributed by atoms with Gasteiger partial charge in [0.2, 0.25) is 15.9 Å². The van der Waals surface area contributed by atoms with Crippen molar-refractivity contribution in [1.29, 1.82) is 0 Å². The summed E-state index contributed by atoms with van der Waals surface area (Å²) in [6.07, 6.45) is 0. The maximum Gasteiger partial charge on any atom is 0.241 e. The van der Waals surface area contributed by atoms with Gasteiger partial charge in [-0.3, -0.25) is 0 Å². The zero-order valence-corrected chi connectivity index (χ0v) is 13.3. The van der Waals surface area contributed by atoms with Gasteiger partial charge in [-0.2, -0.15) is 0 Å². The van der Waals surface area contributed by atoms with Crippen LogP contribution in [0.3, 0.4) is 0 Å². The maximum atomic E-state index is 12.4. The standard InChI is InChI=1S/C14H19N3O3S/c1-8-5-12(15)6-13(9(8)2)21(18,19)16-7-14-17-10(3)11(4)20-14/h5-6,16H,7,15H2,1-4H3. The Balaban J connectivity index is 2.27. The third-order valence-corrected chi connectivity index (χ3v) is 4.95. The van der Waals surface area contributed by atoms with Crippen LogP contribution < -0.4 is 10.5 Å². The molecule has 0 aliphatic carbocycles. The second-order valence-electron chi connectivity index (χ2n) is 5.03. The summed E-state index contributed by atoms with van der Waals surface area (Å²) >= 11 is 0. The smallest absolute Gasteiger partial charge is 0.241 e. The Kier molecular flexibility index (Phi) is 4.06. The zero-order chi connectivity index (χ0) is 15.8. The van der Waals surface area contributed by atoms with Crippen molar-refractivity contribution in [2.75, 3.05) is 5.73 Å². The molecule has 7 heteroatoms. The first kappa shape index (κ1) is 15.5.